The molecule has 1 N–H and O–H groups in total. The van der Waals surface area contributed by atoms with Gasteiger partial charge >= 0.3 is 0 Å². The minimum absolute atomic E-state index is 0.0654. The van der Waals surface area contributed by atoms with Gasteiger partial charge in [-0.25, -0.2) is 19.9 Å². The van der Waals surface area contributed by atoms with Crippen molar-refractivity contribution in [1.29, 1.82) is 0 Å². The lowest BCUT2D eigenvalue weighted by molar-refractivity contribution is -0.0298. The number of hydrogen-bond donors (Lipinski definition) is 1. The number of para-hydroxylation sites is 1. The first-order chi connectivity index (χ1) is 17.2. The first-order valence-corrected chi connectivity index (χ1v) is 12.7. The number of nitrogens with one attached hydrogen (secondary N) is 1. The average Bonchev–Trinajstić information content (AvgIpc) is 3.56. The third-order valence-corrected chi connectivity index (χ3v) is 7.27. The van der Waals surface area contributed by atoms with Gasteiger partial charge < -0.3 is 10.1 Å². The molecule has 0 amide bonds. The Morgan fingerprint density at radius 1 is 1.17 bits per heavy atom. The largest absolute Gasteiger partial charge is 0.358 e. The lowest BCUT2D eigenvalue weighted by Crippen LogP contribution is -2.27. The number of rotatable bonds is 6. The summed E-state index contributed by atoms with van der Waals surface area (Å²) < 4.78 is 10.3. The van der Waals surface area contributed by atoms with Crippen LogP contribution in [-0.4, -0.2) is 35.7 Å². The predicted molar refractivity (Wildman–Crippen MR) is 136 cm³/mol. The molecule has 1 fully saturated rings. The Morgan fingerprint density at radius 3 is 2.86 bits per heavy atom. The second-order valence-electron chi connectivity index (χ2n) is 8.55. The van der Waals surface area contributed by atoms with Crippen LogP contribution in [0.3, 0.4) is 0 Å². The fourth-order valence-corrected chi connectivity index (χ4v) is 5.38. The zero-order valence-electron chi connectivity index (χ0n) is 19.3. The highest BCUT2D eigenvalue weighted by atomic mass is 32.1. The summed E-state index contributed by atoms with van der Waals surface area (Å²) in [6, 6.07) is 11.2. The van der Waals surface area contributed by atoms with Gasteiger partial charge in [-0.15, -0.1) is 11.3 Å². The molecule has 1 aliphatic heterocycles. The molecular weight excluding hydrogens is 462 g/mol. The van der Waals surface area contributed by atoms with Crippen LogP contribution in [0.1, 0.15) is 50.7 Å². The van der Waals surface area contributed by atoms with Crippen molar-refractivity contribution < 1.29 is 4.74 Å². The van der Waals surface area contributed by atoms with Crippen LogP contribution in [0.2, 0.25) is 0 Å². The fourth-order valence-electron chi connectivity index (χ4n) is 4.62. The predicted octanol–water partition coefficient (Wildman–Crippen LogP) is 4.85. The first-order valence-electron chi connectivity index (χ1n) is 11.9. The van der Waals surface area contributed by atoms with Gasteiger partial charge in [-0.1, -0.05) is 25.1 Å². The number of benzene rings is 1. The maximum absolute atomic E-state index is 13.5. The number of aromatic nitrogens is 6. The van der Waals surface area contributed by atoms with Crippen LogP contribution in [0.25, 0.3) is 27.1 Å². The van der Waals surface area contributed by atoms with Crippen LogP contribution in [0, 0.1) is 0 Å². The summed E-state index contributed by atoms with van der Waals surface area (Å²) in [7, 11) is 0. The zero-order valence-corrected chi connectivity index (χ0v) is 20.1. The summed E-state index contributed by atoms with van der Waals surface area (Å²) in [6.45, 7) is 2.80. The van der Waals surface area contributed by atoms with Gasteiger partial charge in [0, 0.05) is 6.61 Å². The smallest absolute Gasteiger partial charge is 0.276 e. The number of anilines is 1. The van der Waals surface area contributed by atoms with Gasteiger partial charge in [0.05, 0.1) is 23.6 Å². The van der Waals surface area contributed by atoms with Gasteiger partial charge in [0.15, 0.2) is 17.0 Å². The van der Waals surface area contributed by atoms with E-state index in [0.717, 1.165) is 37.2 Å². The molecule has 1 saturated heterocycles. The molecule has 0 saturated carbocycles. The number of ether oxygens (including phenoxy) is 1. The molecule has 0 bridgehead atoms. The van der Waals surface area contributed by atoms with E-state index >= 15 is 0 Å². The lowest BCUT2D eigenvalue weighted by Gasteiger charge is -2.24. The van der Waals surface area contributed by atoms with E-state index in [4.69, 9.17) is 9.72 Å². The number of thiophene rings is 1. The highest BCUT2D eigenvalue weighted by Gasteiger charge is 2.24. The van der Waals surface area contributed by atoms with Crippen molar-refractivity contribution in [1.82, 2.24) is 29.1 Å². The fraction of sp³-hybridized carbons (Fsp3) is 0.320. The number of imidazole rings is 1. The van der Waals surface area contributed by atoms with Crippen molar-refractivity contribution in [3.63, 3.8) is 0 Å². The highest BCUT2D eigenvalue weighted by Crippen LogP contribution is 2.30. The van der Waals surface area contributed by atoms with Crippen molar-refractivity contribution in [3.05, 3.63) is 70.6 Å². The van der Waals surface area contributed by atoms with Crippen molar-refractivity contribution in [3.8, 4) is 5.69 Å². The zero-order chi connectivity index (χ0) is 23.8. The molecule has 10 heteroatoms. The van der Waals surface area contributed by atoms with Gasteiger partial charge in [-0.3, -0.25) is 13.9 Å². The third-order valence-electron chi connectivity index (χ3n) is 6.38. The van der Waals surface area contributed by atoms with Gasteiger partial charge in [-0.2, -0.15) is 0 Å². The van der Waals surface area contributed by atoms with E-state index in [2.05, 4.69) is 27.2 Å². The molecule has 5 heterocycles. The van der Waals surface area contributed by atoms with E-state index in [-0.39, 0.29) is 17.8 Å². The second kappa shape index (κ2) is 9.20. The van der Waals surface area contributed by atoms with E-state index in [1.54, 1.807) is 10.9 Å². The van der Waals surface area contributed by atoms with E-state index in [1.165, 1.54) is 17.7 Å². The Bertz CT molecular complexity index is 1540. The number of hydrogen-bond acceptors (Lipinski definition) is 8. The van der Waals surface area contributed by atoms with Crippen LogP contribution in [0.4, 0.5) is 5.82 Å². The molecule has 0 spiro atoms. The minimum Gasteiger partial charge on any atom is -0.358 e. The van der Waals surface area contributed by atoms with Crippen LogP contribution in [0.5, 0.6) is 0 Å². The normalized spacial score (nSPS) is 17.1. The molecule has 1 aromatic carbocycles. The van der Waals surface area contributed by atoms with E-state index in [0.29, 0.717) is 33.8 Å². The standard InChI is InChI=1S/C25H25N7O2S/c1-2-17(23-30-18-11-13-35-21(18)25(33)32(23)16-8-4-3-5-9-16)29-22-20-24(27-14-26-22)31(15-28-20)19-10-6-7-12-34-19/h3-5,8-9,11,13-15,17,19H,2,6-7,10,12H2,1H3,(H,26,27,29). The Morgan fingerprint density at radius 2 is 2.06 bits per heavy atom. The molecule has 0 radical (unpaired) electrons. The van der Waals surface area contributed by atoms with E-state index in [1.807, 2.05) is 46.3 Å². The van der Waals surface area contributed by atoms with Crippen molar-refractivity contribution in [2.75, 3.05) is 11.9 Å². The SMILES string of the molecule is CCC(Nc1ncnc2c1ncn2C1CCCCO1)c1nc2ccsc2c(=O)n1-c1ccccc1. The molecule has 0 aliphatic carbocycles. The highest BCUT2D eigenvalue weighted by molar-refractivity contribution is 7.17. The van der Waals surface area contributed by atoms with Gasteiger partial charge in [-0.05, 0) is 49.3 Å². The molecule has 1 aliphatic rings. The second-order valence-corrected chi connectivity index (χ2v) is 9.47. The number of nitrogens with zero attached hydrogens (tertiary/aromatic N) is 6. The third kappa shape index (κ3) is 3.88. The quantitative estimate of drug-likeness (QED) is 0.365. The Hall–Kier alpha value is -3.63. The summed E-state index contributed by atoms with van der Waals surface area (Å²) in [5.41, 5.74) is 2.81. The maximum Gasteiger partial charge on any atom is 0.276 e. The molecule has 35 heavy (non-hydrogen) atoms. The summed E-state index contributed by atoms with van der Waals surface area (Å²) in [5.74, 6) is 1.24. The maximum atomic E-state index is 13.5. The minimum atomic E-state index is -0.276. The number of fused-ring (bicyclic) bond motifs is 2. The molecule has 4 aromatic heterocycles. The molecule has 6 rings (SSSR count). The molecule has 9 nitrogen and oxygen atoms in total. The molecule has 2 atom stereocenters. The van der Waals surface area contributed by atoms with Crippen molar-refractivity contribution in [2.45, 2.75) is 44.9 Å². The van der Waals surface area contributed by atoms with Crippen molar-refractivity contribution in [2.24, 2.45) is 0 Å². The van der Waals surface area contributed by atoms with E-state index < -0.39 is 0 Å². The molecule has 2 unspecified atom stereocenters. The summed E-state index contributed by atoms with van der Waals surface area (Å²) in [5, 5.41) is 5.42. The Kier molecular flexibility index (Phi) is 5.75. The Labute approximate surface area is 205 Å². The van der Waals surface area contributed by atoms with Crippen LogP contribution in [0.15, 0.2) is 59.2 Å². The summed E-state index contributed by atoms with van der Waals surface area (Å²) in [4.78, 5) is 32.1. The lowest BCUT2D eigenvalue weighted by atomic mass is 10.1. The van der Waals surface area contributed by atoms with Crippen LogP contribution >= 0.6 is 11.3 Å². The summed E-state index contributed by atoms with van der Waals surface area (Å²) >= 11 is 1.41. The first kappa shape index (κ1) is 21.9. The topological polar surface area (TPSA) is 99.8 Å². The van der Waals surface area contributed by atoms with E-state index in [9.17, 15) is 4.79 Å². The van der Waals surface area contributed by atoms with Crippen LogP contribution < -0.4 is 10.9 Å². The Balaban J connectivity index is 1.44. The van der Waals surface area contributed by atoms with Gasteiger partial charge in [0.25, 0.3) is 5.56 Å². The van der Waals surface area contributed by atoms with Crippen molar-refractivity contribution >= 4 is 38.5 Å². The molecular formula is C25H25N7O2S. The van der Waals surface area contributed by atoms with Crippen LogP contribution in [-0.2, 0) is 4.74 Å². The summed E-state index contributed by atoms with van der Waals surface area (Å²) in [6.07, 6.45) is 7.07. The average molecular weight is 488 g/mol. The van der Waals surface area contributed by atoms with Gasteiger partial charge in [0.2, 0.25) is 0 Å². The molecule has 5 aromatic rings. The monoisotopic (exact) mass is 487 g/mol. The van der Waals surface area contributed by atoms with Gasteiger partial charge in [0.1, 0.15) is 23.1 Å². The molecule has 178 valence electrons.